The van der Waals surface area contributed by atoms with Gasteiger partial charge in [0.1, 0.15) is 16.8 Å². The lowest BCUT2D eigenvalue weighted by molar-refractivity contribution is -0.115. The van der Waals surface area contributed by atoms with Crippen LogP contribution in [0.15, 0.2) is 59.4 Å². The number of carbonyl (C=O) groups is 1. The highest BCUT2D eigenvalue weighted by Crippen LogP contribution is 2.44. The minimum Gasteiger partial charge on any atom is -0.493 e. The van der Waals surface area contributed by atoms with Crippen molar-refractivity contribution in [3.05, 3.63) is 76.2 Å². The molecule has 1 aliphatic rings. The first-order valence-corrected chi connectivity index (χ1v) is 10.6. The number of rotatable bonds is 5. The number of aromatic nitrogens is 2. The Morgan fingerprint density at radius 3 is 2.48 bits per heavy atom. The highest BCUT2D eigenvalue weighted by molar-refractivity contribution is 8.00. The number of carbonyl (C=O) groups excluding carboxylic acids is 1. The van der Waals surface area contributed by atoms with Gasteiger partial charge in [0.05, 0.1) is 23.7 Å². The monoisotopic (exact) mass is 409 g/mol. The number of benzene rings is 2. The van der Waals surface area contributed by atoms with Crippen molar-refractivity contribution in [1.29, 1.82) is 0 Å². The van der Waals surface area contributed by atoms with Gasteiger partial charge in [-0.1, -0.05) is 36.4 Å². The first-order chi connectivity index (χ1) is 14.0. The van der Waals surface area contributed by atoms with Crippen LogP contribution in [0.25, 0.3) is 5.69 Å². The molecule has 29 heavy (non-hydrogen) atoms. The molecule has 1 saturated heterocycles. The Hall–Kier alpha value is -2.93. The van der Waals surface area contributed by atoms with E-state index in [4.69, 9.17) is 4.74 Å². The van der Waals surface area contributed by atoms with E-state index in [1.54, 1.807) is 14.3 Å². The van der Waals surface area contributed by atoms with Crippen molar-refractivity contribution in [1.82, 2.24) is 9.36 Å². The van der Waals surface area contributed by atoms with Gasteiger partial charge in [-0.3, -0.25) is 19.2 Å². The Bertz CT molecular complexity index is 1100. The van der Waals surface area contributed by atoms with E-state index in [0.29, 0.717) is 18.0 Å². The topological polar surface area (TPSA) is 56.5 Å². The minimum atomic E-state index is -0.303. The maximum atomic E-state index is 13.4. The Morgan fingerprint density at radius 1 is 1.07 bits per heavy atom. The van der Waals surface area contributed by atoms with Gasteiger partial charge in [-0.15, -0.1) is 11.8 Å². The number of ether oxygens (including phenoxy) is 1. The molecule has 0 spiro atoms. The Kier molecular flexibility index (Phi) is 5.24. The lowest BCUT2D eigenvalue weighted by atomic mass is 10.1. The molecule has 0 aliphatic carbocycles. The van der Waals surface area contributed by atoms with Crippen LogP contribution in [0.5, 0.6) is 5.75 Å². The third-order valence-corrected chi connectivity index (χ3v) is 6.31. The largest absolute Gasteiger partial charge is 0.493 e. The summed E-state index contributed by atoms with van der Waals surface area (Å²) in [6, 6.07) is 17.2. The molecule has 0 saturated carbocycles. The summed E-state index contributed by atoms with van der Waals surface area (Å²) in [5.41, 5.74) is 2.63. The number of hydrogen-bond acceptors (Lipinski definition) is 4. The number of hydrogen-bond donors (Lipinski definition) is 0. The van der Waals surface area contributed by atoms with E-state index in [0.717, 1.165) is 22.7 Å². The molecule has 0 radical (unpaired) electrons. The highest BCUT2D eigenvalue weighted by atomic mass is 32.2. The molecule has 1 atom stereocenters. The number of anilines is 1. The second-order valence-electron chi connectivity index (χ2n) is 6.81. The van der Waals surface area contributed by atoms with Gasteiger partial charge in [0.25, 0.3) is 5.56 Å². The summed E-state index contributed by atoms with van der Waals surface area (Å²) in [5, 5.41) is -0.303. The zero-order valence-electron chi connectivity index (χ0n) is 16.7. The molecule has 2 heterocycles. The SMILES string of the molecule is CCOc1ccccc1C1SCC(=O)N1c1c(C)n(C)n(-c2ccccc2)c1=O. The number of nitrogens with zero attached hydrogens (tertiary/aromatic N) is 3. The van der Waals surface area contributed by atoms with Gasteiger partial charge in [0.2, 0.25) is 5.91 Å². The maximum absolute atomic E-state index is 13.4. The predicted molar refractivity (Wildman–Crippen MR) is 116 cm³/mol. The van der Waals surface area contributed by atoms with E-state index in [-0.39, 0.29) is 16.8 Å². The Labute approximate surface area is 173 Å². The molecule has 0 bridgehead atoms. The van der Waals surface area contributed by atoms with Crippen LogP contribution < -0.4 is 15.2 Å². The molecule has 1 aromatic heterocycles. The van der Waals surface area contributed by atoms with Crippen molar-refractivity contribution < 1.29 is 9.53 Å². The highest BCUT2D eigenvalue weighted by Gasteiger charge is 2.39. The molecule has 0 N–H and O–H groups in total. The van der Waals surface area contributed by atoms with E-state index < -0.39 is 0 Å². The normalized spacial score (nSPS) is 16.4. The fraction of sp³-hybridized carbons (Fsp3) is 0.273. The summed E-state index contributed by atoms with van der Waals surface area (Å²) < 4.78 is 9.19. The Morgan fingerprint density at radius 2 is 1.76 bits per heavy atom. The number of para-hydroxylation sites is 2. The average Bonchev–Trinajstić information content (AvgIpc) is 3.20. The van der Waals surface area contributed by atoms with E-state index in [2.05, 4.69) is 0 Å². The second-order valence-corrected chi connectivity index (χ2v) is 7.88. The smallest absolute Gasteiger partial charge is 0.295 e. The zero-order chi connectivity index (χ0) is 20.5. The van der Waals surface area contributed by atoms with Crippen LogP contribution >= 0.6 is 11.8 Å². The lowest BCUT2D eigenvalue weighted by Gasteiger charge is -2.24. The summed E-state index contributed by atoms with van der Waals surface area (Å²) in [5.74, 6) is 0.992. The Balaban J connectivity index is 1.86. The predicted octanol–water partition coefficient (Wildman–Crippen LogP) is 3.66. The van der Waals surface area contributed by atoms with Crippen LogP contribution in [-0.2, 0) is 11.8 Å². The van der Waals surface area contributed by atoms with Gasteiger partial charge in [-0.2, -0.15) is 0 Å². The molecule has 2 aromatic carbocycles. The fourth-order valence-electron chi connectivity index (χ4n) is 3.70. The molecular formula is C22H23N3O3S. The number of amides is 1. The first-order valence-electron chi connectivity index (χ1n) is 9.54. The summed E-state index contributed by atoms with van der Waals surface area (Å²) >= 11 is 1.51. The molecule has 4 rings (SSSR count). The molecule has 150 valence electrons. The quantitative estimate of drug-likeness (QED) is 0.645. The first kappa shape index (κ1) is 19.4. The van der Waals surface area contributed by atoms with Crippen molar-refractivity contribution in [2.24, 2.45) is 7.05 Å². The summed E-state index contributed by atoms with van der Waals surface area (Å²) in [6.45, 7) is 4.34. The van der Waals surface area contributed by atoms with Crippen LogP contribution in [-0.4, -0.2) is 27.6 Å². The van der Waals surface area contributed by atoms with Gasteiger partial charge < -0.3 is 4.74 Å². The van der Waals surface area contributed by atoms with Crippen LogP contribution in [0.1, 0.15) is 23.6 Å². The molecular weight excluding hydrogens is 386 g/mol. The minimum absolute atomic E-state index is 0.0719. The van der Waals surface area contributed by atoms with Crippen LogP contribution in [0.3, 0.4) is 0 Å². The van der Waals surface area contributed by atoms with Crippen molar-refractivity contribution in [2.75, 3.05) is 17.3 Å². The molecule has 1 amide bonds. The maximum Gasteiger partial charge on any atom is 0.295 e. The molecule has 1 fully saturated rings. The third kappa shape index (κ3) is 3.25. The van der Waals surface area contributed by atoms with Crippen molar-refractivity contribution in [2.45, 2.75) is 19.2 Å². The van der Waals surface area contributed by atoms with E-state index >= 15 is 0 Å². The molecule has 1 aliphatic heterocycles. The van der Waals surface area contributed by atoms with E-state index in [1.165, 1.54) is 11.8 Å². The molecule has 3 aromatic rings. The summed E-state index contributed by atoms with van der Waals surface area (Å²) in [4.78, 5) is 28.0. The van der Waals surface area contributed by atoms with Crippen LogP contribution in [0, 0.1) is 6.92 Å². The van der Waals surface area contributed by atoms with Gasteiger partial charge >= 0.3 is 0 Å². The van der Waals surface area contributed by atoms with E-state index in [1.807, 2.05) is 75.5 Å². The van der Waals surface area contributed by atoms with Gasteiger partial charge in [-0.25, -0.2) is 4.68 Å². The molecule has 7 heteroatoms. The molecule has 1 unspecified atom stereocenters. The molecule has 6 nitrogen and oxygen atoms in total. The number of thioether (sulfide) groups is 1. The van der Waals surface area contributed by atoms with Crippen molar-refractivity contribution in [3.63, 3.8) is 0 Å². The lowest BCUT2D eigenvalue weighted by Crippen LogP contribution is -2.33. The average molecular weight is 410 g/mol. The van der Waals surface area contributed by atoms with Gasteiger partial charge in [0, 0.05) is 12.6 Å². The summed E-state index contributed by atoms with van der Waals surface area (Å²) in [7, 11) is 1.84. The van der Waals surface area contributed by atoms with Crippen molar-refractivity contribution >= 4 is 23.4 Å². The third-order valence-electron chi connectivity index (χ3n) is 5.12. The standard InChI is InChI=1S/C22H23N3O3S/c1-4-28-18-13-9-8-12-17(18)22-24(19(26)14-29-22)20-15(2)23(3)25(21(20)27)16-10-6-5-7-11-16/h5-13,22H,4,14H2,1-3H3. The zero-order valence-corrected chi connectivity index (χ0v) is 17.5. The van der Waals surface area contributed by atoms with Crippen LogP contribution in [0.2, 0.25) is 0 Å². The summed E-state index contributed by atoms with van der Waals surface area (Å²) in [6.07, 6.45) is 0. The van der Waals surface area contributed by atoms with E-state index in [9.17, 15) is 9.59 Å². The van der Waals surface area contributed by atoms with Crippen LogP contribution in [0.4, 0.5) is 5.69 Å². The van der Waals surface area contributed by atoms with Gasteiger partial charge in [-0.05, 0) is 32.0 Å². The van der Waals surface area contributed by atoms with Crippen molar-refractivity contribution in [3.8, 4) is 11.4 Å². The fourth-order valence-corrected chi connectivity index (χ4v) is 4.88. The van der Waals surface area contributed by atoms with Gasteiger partial charge in [0.15, 0.2) is 0 Å². The second kappa shape index (κ2) is 7.83.